The first-order chi connectivity index (χ1) is 8.13. The number of aliphatic hydroxyl groups excluding tert-OH is 1. The number of aliphatic hydroxyl groups is 1. The summed E-state index contributed by atoms with van der Waals surface area (Å²) >= 11 is 0. The Balaban J connectivity index is 2.03. The molecule has 0 spiro atoms. The monoisotopic (exact) mass is 237 g/mol. The third-order valence-electron chi connectivity index (χ3n) is 3.50. The number of hydrogen-bond acceptors (Lipinski definition) is 4. The summed E-state index contributed by atoms with van der Waals surface area (Å²) in [5.74, 6) is 1.19. The highest BCUT2D eigenvalue weighted by molar-refractivity contribution is 5.33. The van der Waals surface area contributed by atoms with E-state index >= 15 is 0 Å². The maximum Gasteiger partial charge on any atom is 0.252 e. The quantitative estimate of drug-likeness (QED) is 0.731. The molecule has 1 aromatic rings. The molecule has 0 bridgehead atoms. The number of anilines is 1. The van der Waals surface area contributed by atoms with Gasteiger partial charge in [0.2, 0.25) is 0 Å². The molecule has 5 heteroatoms. The first-order valence-electron chi connectivity index (χ1n) is 6.06. The summed E-state index contributed by atoms with van der Waals surface area (Å²) in [6, 6.07) is 1.45. The Hall–Kier alpha value is -1.36. The summed E-state index contributed by atoms with van der Waals surface area (Å²) in [4.78, 5) is 18.1. The molecule has 5 nitrogen and oxygen atoms in total. The zero-order chi connectivity index (χ0) is 12.3. The summed E-state index contributed by atoms with van der Waals surface area (Å²) in [5, 5.41) is 12.6. The molecule has 94 valence electrons. The van der Waals surface area contributed by atoms with Crippen LogP contribution in [0, 0.1) is 12.3 Å². The van der Waals surface area contributed by atoms with Crippen molar-refractivity contribution >= 4 is 5.82 Å². The predicted molar refractivity (Wildman–Crippen MR) is 66.1 cm³/mol. The first-order valence-corrected chi connectivity index (χ1v) is 6.06. The largest absolute Gasteiger partial charge is 0.396 e. The lowest BCUT2D eigenvalue weighted by atomic mass is 9.87. The number of aromatic nitrogens is 2. The summed E-state index contributed by atoms with van der Waals surface area (Å²) in [6.45, 7) is 2.63. The summed E-state index contributed by atoms with van der Waals surface area (Å²) in [6.07, 6.45) is 4.42. The van der Waals surface area contributed by atoms with Gasteiger partial charge >= 0.3 is 0 Å². The second kappa shape index (κ2) is 4.87. The molecule has 1 heterocycles. The molecule has 0 amide bonds. The number of H-pyrrole nitrogens is 1. The van der Waals surface area contributed by atoms with E-state index in [2.05, 4.69) is 15.3 Å². The zero-order valence-electron chi connectivity index (χ0n) is 10.1. The van der Waals surface area contributed by atoms with Crippen LogP contribution < -0.4 is 10.9 Å². The van der Waals surface area contributed by atoms with Crippen molar-refractivity contribution in [1.29, 1.82) is 0 Å². The van der Waals surface area contributed by atoms with E-state index in [1.165, 1.54) is 18.9 Å². The van der Waals surface area contributed by atoms with E-state index in [0.29, 0.717) is 18.2 Å². The van der Waals surface area contributed by atoms with Gasteiger partial charge in [-0.3, -0.25) is 4.79 Å². The highest BCUT2D eigenvalue weighted by Crippen LogP contribution is 2.37. The van der Waals surface area contributed by atoms with Crippen LogP contribution in [0.15, 0.2) is 10.9 Å². The van der Waals surface area contributed by atoms with Gasteiger partial charge in [0.1, 0.15) is 11.6 Å². The number of nitrogens with zero attached hydrogens (tertiary/aromatic N) is 1. The fourth-order valence-electron chi connectivity index (χ4n) is 2.46. The van der Waals surface area contributed by atoms with Crippen LogP contribution in [0.5, 0.6) is 0 Å². The number of aryl methyl sites for hydroxylation is 1. The van der Waals surface area contributed by atoms with Crippen LogP contribution in [-0.4, -0.2) is 28.2 Å². The van der Waals surface area contributed by atoms with Crippen molar-refractivity contribution in [2.24, 2.45) is 5.41 Å². The van der Waals surface area contributed by atoms with Gasteiger partial charge < -0.3 is 15.4 Å². The van der Waals surface area contributed by atoms with E-state index in [-0.39, 0.29) is 17.6 Å². The Morgan fingerprint density at radius 2 is 2.24 bits per heavy atom. The van der Waals surface area contributed by atoms with E-state index in [1.54, 1.807) is 6.92 Å². The second-order valence-electron chi connectivity index (χ2n) is 4.93. The molecular weight excluding hydrogens is 218 g/mol. The summed E-state index contributed by atoms with van der Waals surface area (Å²) in [5.41, 5.74) is -0.178. The van der Waals surface area contributed by atoms with Gasteiger partial charge in [0.15, 0.2) is 0 Å². The van der Waals surface area contributed by atoms with E-state index in [9.17, 15) is 9.90 Å². The molecule has 0 atom stereocenters. The van der Waals surface area contributed by atoms with Crippen molar-refractivity contribution in [2.45, 2.75) is 32.6 Å². The van der Waals surface area contributed by atoms with Crippen LogP contribution in [-0.2, 0) is 0 Å². The molecule has 0 saturated heterocycles. The minimum atomic E-state index is -0.149. The fraction of sp³-hybridized carbons (Fsp3) is 0.667. The van der Waals surface area contributed by atoms with Crippen LogP contribution >= 0.6 is 0 Å². The molecule has 1 aliphatic carbocycles. The molecule has 0 unspecified atom stereocenters. The highest BCUT2D eigenvalue weighted by Gasteiger charge is 2.32. The molecule has 1 fully saturated rings. The van der Waals surface area contributed by atoms with Crippen LogP contribution in [0.25, 0.3) is 0 Å². The Bertz CT molecular complexity index is 436. The summed E-state index contributed by atoms with van der Waals surface area (Å²) < 4.78 is 0. The molecule has 1 saturated carbocycles. The Kier molecular flexibility index (Phi) is 3.47. The lowest BCUT2D eigenvalue weighted by Crippen LogP contribution is -2.31. The van der Waals surface area contributed by atoms with Crippen LogP contribution in [0.4, 0.5) is 5.82 Å². The molecular formula is C12H19N3O2. The number of rotatable bonds is 4. The zero-order valence-corrected chi connectivity index (χ0v) is 10.1. The average Bonchev–Trinajstić information content (AvgIpc) is 2.74. The predicted octanol–water partition coefficient (Wildman–Crippen LogP) is 1.04. The van der Waals surface area contributed by atoms with Crippen molar-refractivity contribution in [3.63, 3.8) is 0 Å². The van der Waals surface area contributed by atoms with Gasteiger partial charge in [-0.2, -0.15) is 0 Å². The molecule has 1 aromatic heterocycles. The second-order valence-corrected chi connectivity index (χ2v) is 4.93. The minimum absolute atomic E-state index is 0.0296. The maximum absolute atomic E-state index is 11.3. The van der Waals surface area contributed by atoms with Crippen molar-refractivity contribution in [1.82, 2.24) is 9.97 Å². The van der Waals surface area contributed by atoms with Crippen molar-refractivity contribution < 1.29 is 5.11 Å². The minimum Gasteiger partial charge on any atom is -0.396 e. The molecule has 0 aromatic carbocycles. The maximum atomic E-state index is 11.3. The van der Waals surface area contributed by atoms with Gasteiger partial charge in [0.05, 0.1) is 6.61 Å². The van der Waals surface area contributed by atoms with Gasteiger partial charge in [-0.05, 0) is 19.8 Å². The van der Waals surface area contributed by atoms with Gasteiger partial charge in [-0.1, -0.05) is 12.8 Å². The van der Waals surface area contributed by atoms with Gasteiger partial charge in [-0.15, -0.1) is 0 Å². The molecule has 1 aliphatic rings. The molecule has 2 rings (SSSR count). The van der Waals surface area contributed by atoms with Crippen molar-refractivity contribution in [3.05, 3.63) is 22.2 Å². The van der Waals surface area contributed by atoms with Gasteiger partial charge in [0, 0.05) is 18.0 Å². The number of nitrogens with one attached hydrogen (secondary N) is 2. The molecule has 3 N–H and O–H groups in total. The molecule has 17 heavy (non-hydrogen) atoms. The highest BCUT2D eigenvalue weighted by atomic mass is 16.3. The molecule has 0 aliphatic heterocycles. The number of aromatic amines is 1. The Labute approximate surface area is 100 Å². The summed E-state index contributed by atoms with van der Waals surface area (Å²) in [7, 11) is 0. The lowest BCUT2D eigenvalue weighted by Gasteiger charge is -2.26. The van der Waals surface area contributed by atoms with Crippen LogP contribution in [0.2, 0.25) is 0 Å². The van der Waals surface area contributed by atoms with E-state index in [4.69, 9.17) is 0 Å². The average molecular weight is 237 g/mol. The van der Waals surface area contributed by atoms with E-state index in [0.717, 1.165) is 12.8 Å². The standard InChI is InChI=1S/C12H19N3O2/c1-9-14-10(6-11(17)15-9)13-7-12(8-16)4-2-3-5-12/h6,16H,2-5,7-8H2,1H3,(H2,13,14,15,17). The smallest absolute Gasteiger partial charge is 0.252 e. The van der Waals surface area contributed by atoms with Gasteiger partial charge in [-0.25, -0.2) is 4.98 Å². The topological polar surface area (TPSA) is 78.0 Å². The SMILES string of the molecule is Cc1nc(NCC2(CO)CCCC2)cc(=O)[nH]1. The fourth-order valence-corrected chi connectivity index (χ4v) is 2.46. The Morgan fingerprint density at radius 3 is 2.82 bits per heavy atom. The molecule has 0 radical (unpaired) electrons. The normalized spacial score (nSPS) is 18.2. The third-order valence-corrected chi connectivity index (χ3v) is 3.50. The van der Waals surface area contributed by atoms with Crippen LogP contribution in [0.1, 0.15) is 31.5 Å². The van der Waals surface area contributed by atoms with Crippen LogP contribution in [0.3, 0.4) is 0 Å². The van der Waals surface area contributed by atoms with E-state index in [1.807, 2.05) is 0 Å². The Morgan fingerprint density at radius 1 is 1.53 bits per heavy atom. The number of hydrogen-bond donors (Lipinski definition) is 3. The van der Waals surface area contributed by atoms with E-state index < -0.39 is 0 Å². The van der Waals surface area contributed by atoms with Crippen molar-refractivity contribution in [2.75, 3.05) is 18.5 Å². The first kappa shape index (κ1) is 12.1. The van der Waals surface area contributed by atoms with Gasteiger partial charge in [0.25, 0.3) is 5.56 Å². The third kappa shape index (κ3) is 2.85. The van der Waals surface area contributed by atoms with Crippen molar-refractivity contribution in [3.8, 4) is 0 Å². The lowest BCUT2D eigenvalue weighted by molar-refractivity contribution is 0.142.